The molecule has 1 aromatic carbocycles. The van der Waals surface area contributed by atoms with Crippen LogP contribution in [-0.4, -0.2) is 45.8 Å². The average molecular weight is 328 g/mol. The first kappa shape index (κ1) is 18.0. The Morgan fingerprint density at radius 1 is 1.21 bits per heavy atom. The van der Waals surface area contributed by atoms with Crippen molar-refractivity contribution in [3.05, 3.63) is 47.5 Å². The number of benzene rings is 1. The monoisotopic (exact) mass is 328 g/mol. The van der Waals surface area contributed by atoms with Gasteiger partial charge in [-0.05, 0) is 30.9 Å². The van der Waals surface area contributed by atoms with Crippen molar-refractivity contribution < 1.29 is 0 Å². The number of guanidine groups is 1. The van der Waals surface area contributed by atoms with Crippen LogP contribution in [0.2, 0.25) is 0 Å². The Morgan fingerprint density at radius 3 is 2.50 bits per heavy atom. The van der Waals surface area contributed by atoms with E-state index in [4.69, 9.17) is 4.99 Å². The van der Waals surface area contributed by atoms with Crippen LogP contribution in [0, 0.1) is 0 Å². The van der Waals surface area contributed by atoms with Crippen molar-refractivity contribution in [1.82, 2.24) is 25.0 Å². The highest BCUT2D eigenvalue weighted by Gasteiger charge is 2.09. The Bertz CT molecular complexity index is 644. The summed E-state index contributed by atoms with van der Waals surface area (Å²) in [4.78, 5) is 11.1. The maximum atomic E-state index is 4.74. The van der Waals surface area contributed by atoms with Gasteiger partial charge < -0.3 is 10.2 Å². The van der Waals surface area contributed by atoms with Gasteiger partial charge in [-0.15, -0.1) is 0 Å². The Kier molecular flexibility index (Phi) is 6.78. The molecule has 0 bridgehead atoms. The second-order valence-electron chi connectivity index (χ2n) is 5.81. The van der Waals surface area contributed by atoms with Crippen LogP contribution < -0.4 is 5.32 Å². The van der Waals surface area contributed by atoms with Crippen molar-refractivity contribution >= 4 is 5.96 Å². The molecule has 0 fully saturated rings. The van der Waals surface area contributed by atoms with E-state index in [1.54, 1.807) is 11.0 Å². The van der Waals surface area contributed by atoms with Gasteiger partial charge in [0.2, 0.25) is 0 Å². The first-order chi connectivity index (χ1) is 11.6. The molecule has 0 aliphatic heterocycles. The van der Waals surface area contributed by atoms with Gasteiger partial charge in [-0.3, -0.25) is 9.67 Å². The van der Waals surface area contributed by atoms with Gasteiger partial charge in [0.15, 0.2) is 5.96 Å². The minimum Gasteiger partial charge on any atom is -0.357 e. The molecule has 0 aliphatic rings. The predicted molar refractivity (Wildman–Crippen MR) is 98.0 cm³/mol. The minimum atomic E-state index is 0.674. The Labute approximate surface area is 144 Å². The molecule has 24 heavy (non-hydrogen) atoms. The summed E-state index contributed by atoms with van der Waals surface area (Å²) in [6.07, 6.45) is 3.60. The van der Waals surface area contributed by atoms with Crippen molar-refractivity contribution in [2.75, 3.05) is 20.1 Å². The molecule has 0 unspecified atom stereocenters. The lowest BCUT2D eigenvalue weighted by Crippen LogP contribution is -2.39. The molecule has 0 aliphatic carbocycles. The molecule has 0 spiro atoms. The van der Waals surface area contributed by atoms with E-state index in [2.05, 4.69) is 58.4 Å². The number of hydrogen-bond donors (Lipinski definition) is 1. The van der Waals surface area contributed by atoms with Crippen LogP contribution in [0.15, 0.2) is 35.6 Å². The lowest BCUT2D eigenvalue weighted by Gasteiger charge is -2.21. The highest BCUT2D eigenvalue weighted by atomic mass is 15.4. The number of hydrogen-bond acceptors (Lipinski definition) is 3. The molecule has 0 saturated heterocycles. The second-order valence-corrected chi connectivity index (χ2v) is 5.81. The molecule has 0 atom stereocenters. The van der Waals surface area contributed by atoms with E-state index < -0.39 is 0 Å². The number of aliphatic imine (C=N–C) groups is 1. The normalized spacial score (nSPS) is 11.6. The van der Waals surface area contributed by atoms with E-state index in [0.29, 0.717) is 6.54 Å². The topological polar surface area (TPSA) is 58.3 Å². The summed E-state index contributed by atoms with van der Waals surface area (Å²) in [6.45, 7) is 6.53. The van der Waals surface area contributed by atoms with Crippen LogP contribution in [0.3, 0.4) is 0 Å². The summed E-state index contributed by atoms with van der Waals surface area (Å²) < 4.78 is 1.79. The van der Waals surface area contributed by atoms with Crippen LogP contribution in [0.25, 0.3) is 0 Å². The number of rotatable bonds is 7. The van der Waals surface area contributed by atoms with Gasteiger partial charge in [-0.25, -0.2) is 4.98 Å². The number of nitrogens with zero attached hydrogens (tertiary/aromatic N) is 5. The Morgan fingerprint density at radius 2 is 1.92 bits per heavy atom. The number of nitrogens with one attached hydrogen (secondary N) is 1. The highest BCUT2D eigenvalue weighted by Crippen LogP contribution is 2.06. The van der Waals surface area contributed by atoms with E-state index in [1.807, 2.05) is 14.1 Å². The van der Waals surface area contributed by atoms with Gasteiger partial charge in [0.1, 0.15) is 12.2 Å². The number of aryl methyl sites for hydroxylation is 2. The predicted octanol–water partition coefficient (Wildman–Crippen LogP) is 2.02. The summed E-state index contributed by atoms with van der Waals surface area (Å²) in [7, 11) is 3.92. The molecular weight excluding hydrogens is 300 g/mol. The fourth-order valence-electron chi connectivity index (χ4n) is 2.45. The molecule has 0 radical (unpaired) electrons. The van der Waals surface area contributed by atoms with Crippen molar-refractivity contribution in [1.29, 1.82) is 0 Å². The minimum absolute atomic E-state index is 0.674. The molecule has 2 aromatic rings. The lowest BCUT2D eigenvalue weighted by molar-refractivity contribution is 0.449. The quantitative estimate of drug-likeness (QED) is 0.624. The van der Waals surface area contributed by atoms with Gasteiger partial charge in [-0.2, -0.15) is 5.10 Å². The van der Waals surface area contributed by atoms with Crippen molar-refractivity contribution in [2.24, 2.45) is 12.0 Å². The highest BCUT2D eigenvalue weighted by molar-refractivity contribution is 5.79. The molecular formula is C18H28N6. The molecule has 1 aromatic heterocycles. The molecule has 6 heteroatoms. The smallest absolute Gasteiger partial charge is 0.194 e. The maximum Gasteiger partial charge on any atom is 0.194 e. The molecule has 1 N–H and O–H groups in total. The summed E-state index contributed by atoms with van der Waals surface area (Å²) in [5, 5.41) is 7.45. The van der Waals surface area contributed by atoms with E-state index in [0.717, 1.165) is 37.7 Å². The van der Waals surface area contributed by atoms with E-state index >= 15 is 0 Å². The Hall–Kier alpha value is -2.37. The number of aromatic nitrogens is 3. The third-order valence-electron chi connectivity index (χ3n) is 3.97. The molecule has 130 valence electrons. The summed E-state index contributed by atoms with van der Waals surface area (Å²) in [5.41, 5.74) is 2.70. The summed E-state index contributed by atoms with van der Waals surface area (Å²) in [5.74, 6) is 1.81. The fourth-order valence-corrected chi connectivity index (χ4v) is 2.45. The van der Waals surface area contributed by atoms with E-state index in [9.17, 15) is 0 Å². The molecule has 1 heterocycles. The van der Waals surface area contributed by atoms with Gasteiger partial charge in [0, 0.05) is 27.2 Å². The average Bonchev–Trinajstić information content (AvgIpc) is 2.99. The van der Waals surface area contributed by atoms with Gasteiger partial charge >= 0.3 is 0 Å². The first-order valence-electron chi connectivity index (χ1n) is 8.54. The largest absolute Gasteiger partial charge is 0.357 e. The van der Waals surface area contributed by atoms with Crippen LogP contribution in [0.4, 0.5) is 0 Å². The van der Waals surface area contributed by atoms with E-state index in [1.165, 1.54) is 11.1 Å². The van der Waals surface area contributed by atoms with Gasteiger partial charge in [-0.1, -0.05) is 31.2 Å². The Balaban J connectivity index is 1.94. The zero-order valence-corrected chi connectivity index (χ0v) is 15.2. The molecule has 0 saturated carbocycles. The third kappa shape index (κ3) is 5.08. The van der Waals surface area contributed by atoms with Gasteiger partial charge in [0.05, 0.1) is 6.54 Å². The first-order valence-corrected chi connectivity index (χ1v) is 8.54. The molecule has 0 amide bonds. The molecule has 6 nitrogen and oxygen atoms in total. The summed E-state index contributed by atoms with van der Waals surface area (Å²) >= 11 is 0. The van der Waals surface area contributed by atoms with Crippen LogP contribution >= 0.6 is 0 Å². The van der Waals surface area contributed by atoms with Gasteiger partial charge in [0.25, 0.3) is 0 Å². The van der Waals surface area contributed by atoms with E-state index in [-0.39, 0.29) is 0 Å². The van der Waals surface area contributed by atoms with Crippen molar-refractivity contribution in [3.8, 4) is 0 Å². The second kappa shape index (κ2) is 9.05. The third-order valence-corrected chi connectivity index (χ3v) is 3.97. The standard InChI is InChI=1S/C18H28N6/c1-5-15-7-9-16(10-8-15)11-12-20-18(19-6-2)23(3)13-17-21-14-22-24(17)4/h7-10,14H,5-6,11-13H2,1-4H3,(H,19,20). The summed E-state index contributed by atoms with van der Waals surface area (Å²) in [6, 6.07) is 8.80. The SMILES string of the molecule is CCNC(=NCCc1ccc(CC)cc1)N(C)Cc1ncnn1C. The van der Waals surface area contributed by atoms with Crippen LogP contribution in [-0.2, 0) is 26.4 Å². The van der Waals surface area contributed by atoms with Crippen molar-refractivity contribution in [3.63, 3.8) is 0 Å². The van der Waals surface area contributed by atoms with Crippen molar-refractivity contribution in [2.45, 2.75) is 33.2 Å². The lowest BCUT2D eigenvalue weighted by atomic mass is 10.1. The maximum absolute atomic E-state index is 4.74. The molecule has 2 rings (SSSR count). The zero-order valence-electron chi connectivity index (χ0n) is 15.2. The van der Waals surface area contributed by atoms with Crippen LogP contribution in [0.5, 0.6) is 0 Å². The zero-order chi connectivity index (χ0) is 17.4. The fraction of sp³-hybridized carbons (Fsp3) is 0.500. The van der Waals surface area contributed by atoms with Crippen LogP contribution in [0.1, 0.15) is 30.8 Å².